The molecule has 31 nitrogen and oxygen atoms in total. The molecule has 3 aromatic heterocycles. The molecular weight excluding hydrogens is 1890 g/mol. The van der Waals surface area contributed by atoms with Crippen LogP contribution in [0.3, 0.4) is 0 Å². The molecule has 7 aliphatic rings. The molecular formula is C97H116Cl3IKN21O10. The molecule has 16 rings (SSSR count). The van der Waals surface area contributed by atoms with Gasteiger partial charge in [-0.05, 0) is 143 Å². The molecule has 0 radical (unpaired) electrons. The Morgan fingerprint density at radius 2 is 0.812 bits per heavy atom. The van der Waals surface area contributed by atoms with E-state index in [1.54, 1.807) is 24.5 Å². The minimum atomic E-state index is -0.596. The molecule has 0 bridgehead atoms. The second kappa shape index (κ2) is 50.2. The predicted molar refractivity (Wildman–Crippen MR) is 523 cm³/mol. The third-order valence-electron chi connectivity index (χ3n) is 23.6. The van der Waals surface area contributed by atoms with Gasteiger partial charge < -0.3 is 79.6 Å². The van der Waals surface area contributed by atoms with Gasteiger partial charge in [-0.3, -0.25) is 19.6 Å². The first-order valence-electron chi connectivity index (χ1n) is 43.7. The van der Waals surface area contributed by atoms with Gasteiger partial charge in [-0.1, -0.05) is 165 Å². The molecule has 698 valence electrons. The Hall–Kier alpha value is -10.5. The minimum Gasteiger partial charge on any atom is -1.00 e. The summed E-state index contributed by atoms with van der Waals surface area (Å²) >= 11 is 19.1. The summed E-state index contributed by atoms with van der Waals surface area (Å²) in [5.74, 6) is 2.30. The van der Waals surface area contributed by atoms with Crippen molar-refractivity contribution < 1.29 is 102 Å². The smallest absolute Gasteiger partial charge is 1.00 e. The van der Waals surface area contributed by atoms with E-state index in [2.05, 4.69) is 131 Å². The fourth-order valence-electron chi connectivity index (χ4n) is 17.1. The number of nitrogens with zero attached hydrogens (tertiary/aromatic N) is 19. The molecule has 5 amide bonds. The van der Waals surface area contributed by atoms with Crippen LogP contribution in [0.4, 0.5) is 47.1 Å². The number of hydrogen-bond donors (Lipinski definition) is 2. The van der Waals surface area contributed by atoms with Gasteiger partial charge in [0, 0.05) is 125 Å². The van der Waals surface area contributed by atoms with Gasteiger partial charge in [0.05, 0.1) is 30.2 Å². The molecule has 36 heteroatoms. The molecule has 0 aliphatic carbocycles. The second-order valence-corrected chi connectivity index (χ2v) is 35.0. The Balaban J connectivity index is 0.000000224. The van der Waals surface area contributed by atoms with Crippen LogP contribution in [0.25, 0.3) is 30.2 Å². The van der Waals surface area contributed by atoms with Crippen molar-refractivity contribution in [2.24, 2.45) is 0 Å². The summed E-state index contributed by atoms with van der Waals surface area (Å²) in [6.07, 6.45) is 0.165. The summed E-state index contributed by atoms with van der Waals surface area (Å²) in [6.45, 7) is 52.2. The first-order chi connectivity index (χ1) is 62.8. The number of nitrogens with one attached hydrogen (secondary N) is 2. The Bertz CT molecular complexity index is 5620. The van der Waals surface area contributed by atoms with E-state index < -0.39 is 30.0 Å². The van der Waals surface area contributed by atoms with Gasteiger partial charge in [0.25, 0.3) is 0 Å². The SMILES string of the molecule is C.I.[C-]#[N+]C[C@H]1CN(c2nc(Cl)nc3c2CCN(C(=O)OC(C)(C)C)C3)[C@@H](C)CN1C(=O)OCc1ccccc1.[C-]#[N+]C[C@H]1CN(c2nc(Cl)nc3c2CCN(c2cccc4ccccc24)C3)[C@@H](C)CN1C(=O)OCc1ccccc1.[C-]#[N+]C[C@H]1CN(c2nc(Cl)nc3c2CCNC3)[C@@H](C)CN1C(=O)OCc1ccccc1.[C-]#[N+]C[C@H]1CN[C@@H](C)CN1C(=O)OCc1ccccc1.[H-].[HH].[K+]. The van der Waals surface area contributed by atoms with Crippen LogP contribution in [-0.4, -0.2) is 237 Å². The fraction of sp³-hybridized carbons (Fsp3) is 0.433. The minimum absolute atomic E-state index is 0. The molecule has 133 heavy (non-hydrogen) atoms. The van der Waals surface area contributed by atoms with Crippen LogP contribution in [-0.2, 0) is 89.0 Å². The molecule has 2 N–H and O–H groups in total. The van der Waals surface area contributed by atoms with Crippen LogP contribution < -0.4 is 81.6 Å². The van der Waals surface area contributed by atoms with Crippen molar-refractivity contribution >= 4 is 123 Å². The van der Waals surface area contributed by atoms with E-state index in [1.807, 2.05) is 156 Å². The van der Waals surface area contributed by atoms with Crippen molar-refractivity contribution in [1.82, 2.24) is 65.0 Å². The molecule has 0 saturated carbocycles. The van der Waals surface area contributed by atoms with Gasteiger partial charge in [0.15, 0.2) is 0 Å². The number of piperazine rings is 4. The van der Waals surface area contributed by atoms with Crippen LogP contribution in [0, 0.1) is 26.3 Å². The number of fused-ring (bicyclic) bond motifs is 4. The zero-order valence-electron chi connectivity index (χ0n) is 76.5. The van der Waals surface area contributed by atoms with Crippen molar-refractivity contribution in [1.29, 1.82) is 0 Å². The van der Waals surface area contributed by atoms with Crippen LogP contribution in [0.1, 0.15) is 115 Å². The quantitative estimate of drug-likeness (QED) is 0.0299. The molecule has 0 unspecified atom stereocenters. The van der Waals surface area contributed by atoms with Gasteiger partial charge in [0.2, 0.25) is 42.0 Å². The summed E-state index contributed by atoms with van der Waals surface area (Å²) in [4.78, 5) is 122. The Morgan fingerprint density at radius 3 is 1.23 bits per heavy atom. The molecule has 4 fully saturated rings. The third-order valence-corrected chi connectivity index (χ3v) is 24.1. The number of rotatable bonds is 16. The summed E-state index contributed by atoms with van der Waals surface area (Å²) in [7, 11) is 0. The zero-order chi connectivity index (χ0) is 92.0. The number of anilines is 4. The Kier molecular flexibility index (Phi) is 39.4. The summed E-state index contributed by atoms with van der Waals surface area (Å²) in [5, 5.41) is 9.52. The zero-order valence-corrected chi connectivity index (χ0v) is 83.2. The number of carbonyl (C=O) groups excluding carboxylic acids is 5. The number of halogens is 4. The van der Waals surface area contributed by atoms with E-state index in [-0.39, 0.29) is 209 Å². The number of carbonyl (C=O) groups is 5. The summed E-state index contributed by atoms with van der Waals surface area (Å²) in [6, 6.07) is 52.0. The van der Waals surface area contributed by atoms with Crippen molar-refractivity contribution in [3.8, 4) is 0 Å². The molecule has 9 aromatic rings. The van der Waals surface area contributed by atoms with Gasteiger partial charge in [-0.2, -0.15) is 0 Å². The van der Waals surface area contributed by atoms with E-state index >= 15 is 0 Å². The first-order valence-corrected chi connectivity index (χ1v) is 44.8. The van der Waals surface area contributed by atoms with E-state index in [1.165, 1.54) is 16.5 Å². The number of ether oxygens (including phenoxy) is 5. The van der Waals surface area contributed by atoms with Crippen LogP contribution in [0.5, 0.6) is 0 Å². The van der Waals surface area contributed by atoms with E-state index in [9.17, 15) is 24.0 Å². The van der Waals surface area contributed by atoms with Crippen molar-refractivity contribution in [3.05, 3.63) is 281 Å². The van der Waals surface area contributed by atoms with Gasteiger partial charge in [-0.25, -0.2) is 80.2 Å². The third kappa shape index (κ3) is 27.9. The van der Waals surface area contributed by atoms with Gasteiger partial charge in [0.1, 0.15) is 73.6 Å². The van der Waals surface area contributed by atoms with Crippen molar-refractivity contribution in [3.63, 3.8) is 0 Å². The Morgan fingerprint density at radius 1 is 0.451 bits per heavy atom. The molecule has 0 spiro atoms. The maximum atomic E-state index is 13.1. The molecule has 7 aliphatic heterocycles. The maximum absolute atomic E-state index is 13.1. The normalized spacial score (nSPS) is 19.4. The van der Waals surface area contributed by atoms with Gasteiger partial charge in [-0.15, -0.1) is 24.0 Å². The maximum Gasteiger partial charge on any atom is 1.00 e. The summed E-state index contributed by atoms with van der Waals surface area (Å²) in [5.41, 5.74) is 9.91. The van der Waals surface area contributed by atoms with Crippen LogP contribution >= 0.6 is 58.8 Å². The van der Waals surface area contributed by atoms with Crippen LogP contribution in [0.15, 0.2) is 164 Å². The predicted octanol–water partition coefficient (Wildman–Crippen LogP) is 14.0. The molecule has 8 atom stereocenters. The standard InChI is InChI=1S/C32H31ClN6O2.C27H33ClN6O4.C22H25ClN6O2.C15H19N3O2.CH4.HI.K.H2.H/c1-22-18-39(32(40)41-21-23-9-4-3-5-10-23)25(17-34-2)19-38(22)30-27-15-16-37(20-28(27)35-31(33)36-30)29-14-8-12-24-11-6-7-13-26(24)29;1-18-14-34(26(36)37-17-19-9-7-6-8-10-19)20(13-29-5)15-33(18)23-21-11-12-32(25(35)38-27(2,3)4)16-22(21)30-24(28)31-23;1-15-12-29(22(30)31-14-16-6-4-3-5-7-16)17(10-24-2)13-28(15)20-18-8-9-25-11-19(18)26-21(23)27-20;1-12-10-18(14(8-16-2)9-17-12)15(19)20-11-13-6-4-3-5-7-13;;;;;/h3-14,22,25H,15-21H2,1H3;6-10,18,20H,11-17H2,1-4H3;3-7,15,17,25H,8-14H2,1H3;3-7,12,14,17H,8-11H2,1H3;1H4;1H;;1H;/q;;;;;;+1;;-1/t22-,25-;18-,20-;15-,17-;12-,14-;;;;;/m0000...../s1. The molecule has 4 saturated heterocycles. The topological polar surface area (TPSA) is 280 Å². The van der Waals surface area contributed by atoms with E-state index in [0.29, 0.717) is 96.5 Å². The van der Waals surface area contributed by atoms with Gasteiger partial charge >= 0.3 is 81.9 Å². The van der Waals surface area contributed by atoms with Crippen molar-refractivity contribution in [2.45, 2.75) is 175 Å². The number of aromatic nitrogens is 6. The summed E-state index contributed by atoms with van der Waals surface area (Å²) < 4.78 is 27.7. The largest absolute Gasteiger partial charge is 1.00 e. The van der Waals surface area contributed by atoms with Crippen LogP contribution in [0.2, 0.25) is 15.9 Å². The Labute approximate surface area is 856 Å². The first kappa shape index (κ1) is 105. The van der Waals surface area contributed by atoms with E-state index in [0.717, 1.165) is 87.9 Å². The number of benzene rings is 6. The van der Waals surface area contributed by atoms with Crippen molar-refractivity contribution in [2.75, 3.05) is 118 Å². The number of hydrogen-bond acceptors (Lipinski definition) is 22. The molecule has 6 aromatic carbocycles. The fourth-order valence-corrected chi connectivity index (χ4v) is 17.6. The van der Waals surface area contributed by atoms with E-state index in [4.69, 9.17) is 89.8 Å². The average Bonchev–Trinajstić information content (AvgIpc) is 0.767. The second-order valence-electron chi connectivity index (χ2n) is 34.0. The average molecular weight is 2010 g/mol. The monoisotopic (exact) mass is 2010 g/mol. The molecule has 10 heterocycles. The number of amides is 5.